The number of hydrogen-bond donors (Lipinski definition) is 1. The minimum Gasteiger partial charge on any atom is -0.375 e. The summed E-state index contributed by atoms with van der Waals surface area (Å²) in [6.07, 6.45) is 6.27. The molecule has 0 bridgehead atoms. The van der Waals surface area contributed by atoms with Crippen LogP contribution in [0.25, 0.3) is 0 Å². The Balaban J connectivity index is 3.50. The minimum absolute atomic E-state index is 0.207. The van der Waals surface area contributed by atoms with Crippen LogP contribution >= 0.6 is 0 Å². The van der Waals surface area contributed by atoms with E-state index in [9.17, 15) is 0 Å². The van der Waals surface area contributed by atoms with Gasteiger partial charge in [0.2, 0.25) is 0 Å². The van der Waals surface area contributed by atoms with Crippen LogP contribution in [-0.2, 0) is 4.74 Å². The monoisotopic (exact) mass is 212 g/mol. The Morgan fingerprint density at radius 3 is 2.60 bits per heavy atom. The second kappa shape index (κ2) is 7.67. The Bertz CT molecular complexity index is 196. The zero-order valence-corrected chi connectivity index (χ0v) is 10.3. The van der Waals surface area contributed by atoms with Crippen LogP contribution in [0.2, 0.25) is 0 Å². The summed E-state index contributed by atoms with van der Waals surface area (Å²) < 4.78 is 5.53. The lowest BCUT2D eigenvalue weighted by atomic mass is 10.1. The SMILES string of the molecule is CCCCCCC(C)OCC(C)(N)C#N. The summed E-state index contributed by atoms with van der Waals surface area (Å²) in [6, 6.07) is 2.03. The number of nitrogens with two attached hydrogens (primary N) is 1. The zero-order valence-electron chi connectivity index (χ0n) is 10.3. The molecule has 0 fully saturated rings. The first-order valence-corrected chi connectivity index (χ1v) is 5.83. The van der Waals surface area contributed by atoms with E-state index in [1.165, 1.54) is 25.7 Å². The van der Waals surface area contributed by atoms with Gasteiger partial charge >= 0.3 is 0 Å². The van der Waals surface area contributed by atoms with Crippen molar-refractivity contribution in [1.82, 2.24) is 0 Å². The zero-order chi connectivity index (χ0) is 11.7. The summed E-state index contributed by atoms with van der Waals surface area (Å²) in [5.41, 5.74) is 4.81. The summed E-state index contributed by atoms with van der Waals surface area (Å²) in [5, 5.41) is 8.70. The average molecular weight is 212 g/mol. The molecule has 0 amide bonds. The molecule has 2 unspecified atom stereocenters. The highest BCUT2D eigenvalue weighted by Gasteiger charge is 2.18. The molecule has 0 saturated heterocycles. The van der Waals surface area contributed by atoms with Gasteiger partial charge in [-0.15, -0.1) is 0 Å². The summed E-state index contributed by atoms with van der Waals surface area (Å²) in [6.45, 7) is 6.25. The van der Waals surface area contributed by atoms with Gasteiger partial charge in [-0.05, 0) is 20.3 Å². The lowest BCUT2D eigenvalue weighted by Gasteiger charge is -2.19. The quantitative estimate of drug-likeness (QED) is 0.629. The Labute approximate surface area is 93.6 Å². The number of unbranched alkanes of at least 4 members (excludes halogenated alkanes) is 3. The van der Waals surface area contributed by atoms with Gasteiger partial charge in [0.05, 0.1) is 18.8 Å². The van der Waals surface area contributed by atoms with E-state index >= 15 is 0 Å². The molecule has 0 aliphatic carbocycles. The minimum atomic E-state index is -0.850. The number of nitrogens with zero attached hydrogens (tertiary/aromatic N) is 1. The summed E-state index contributed by atoms with van der Waals surface area (Å²) >= 11 is 0. The predicted molar refractivity (Wildman–Crippen MR) is 62.4 cm³/mol. The van der Waals surface area contributed by atoms with E-state index in [4.69, 9.17) is 15.7 Å². The van der Waals surface area contributed by atoms with Gasteiger partial charge in [0.25, 0.3) is 0 Å². The number of ether oxygens (including phenoxy) is 1. The van der Waals surface area contributed by atoms with Gasteiger partial charge in [-0.3, -0.25) is 0 Å². The van der Waals surface area contributed by atoms with Crippen molar-refractivity contribution < 1.29 is 4.74 Å². The Hall–Kier alpha value is -0.590. The van der Waals surface area contributed by atoms with E-state index in [1.807, 2.05) is 13.0 Å². The number of nitriles is 1. The lowest BCUT2D eigenvalue weighted by molar-refractivity contribution is 0.0399. The average Bonchev–Trinajstić information content (AvgIpc) is 2.22. The third kappa shape index (κ3) is 8.41. The molecule has 0 rings (SSSR count). The molecule has 0 radical (unpaired) electrons. The van der Waals surface area contributed by atoms with Crippen LogP contribution < -0.4 is 5.73 Å². The molecule has 0 aromatic carbocycles. The number of hydrogen-bond acceptors (Lipinski definition) is 3. The van der Waals surface area contributed by atoms with Crippen molar-refractivity contribution >= 4 is 0 Å². The van der Waals surface area contributed by atoms with Crippen molar-refractivity contribution in [2.24, 2.45) is 5.73 Å². The van der Waals surface area contributed by atoms with Gasteiger partial charge in [0.15, 0.2) is 0 Å². The van der Waals surface area contributed by atoms with Crippen LogP contribution in [0.1, 0.15) is 52.9 Å². The molecule has 3 nitrogen and oxygen atoms in total. The van der Waals surface area contributed by atoms with Gasteiger partial charge in [0.1, 0.15) is 5.54 Å². The van der Waals surface area contributed by atoms with Crippen LogP contribution in [0, 0.1) is 11.3 Å². The molecular weight excluding hydrogens is 188 g/mol. The van der Waals surface area contributed by atoms with Gasteiger partial charge < -0.3 is 10.5 Å². The predicted octanol–water partition coefficient (Wildman–Crippen LogP) is 2.60. The second-order valence-corrected chi connectivity index (χ2v) is 4.50. The Morgan fingerprint density at radius 1 is 1.40 bits per heavy atom. The van der Waals surface area contributed by atoms with Crippen molar-refractivity contribution in [3.63, 3.8) is 0 Å². The standard InChI is InChI=1S/C12H24N2O/c1-4-5-6-7-8-11(2)15-10-12(3,14)9-13/h11H,4-8,10,14H2,1-3H3. The fraction of sp³-hybridized carbons (Fsp3) is 0.917. The van der Waals surface area contributed by atoms with E-state index in [0.717, 1.165) is 6.42 Å². The van der Waals surface area contributed by atoms with Crippen molar-refractivity contribution in [2.75, 3.05) is 6.61 Å². The topological polar surface area (TPSA) is 59.0 Å². The van der Waals surface area contributed by atoms with Crippen LogP contribution in [0.15, 0.2) is 0 Å². The van der Waals surface area contributed by atoms with Gasteiger partial charge in [-0.1, -0.05) is 32.6 Å². The molecule has 0 saturated carbocycles. The third-order valence-corrected chi connectivity index (χ3v) is 2.39. The molecule has 0 aliphatic heterocycles. The summed E-state index contributed by atoms with van der Waals surface area (Å²) in [7, 11) is 0. The fourth-order valence-corrected chi connectivity index (χ4v) is 1.29. The molecule has 0 aliphatic rings. The van der Waals surface area contributed by atoms with Crippen LogP contribution in [0.3, 0.4) is 0 Å². The molecule has 15 heavy (non-hydrogen) atoms. The molecule has 0 heterocycles. The second-order valence-electron chi connectivity index (χ2n) is 4.50. The smallest absolute Gasteiger partial charge is 0.125 e. The largest absolute Gasteiger partial charge is 0.375 e. The number of rotatable bonds is 8. The van der Waals surface area contributed by atoms with E-state index in [-0.39, 0.29) is 6.10 Å². The van der Waals surface area contributed by atoms with Crippen LogP contribution in [0.4, 0.5) is 0 Å². The van der Waals surface area contributed by atoms with E-state index in [2.05, 4.69) is 6.92 Å². The summed E-state index contributed by atoms with van der Waals surface area (Å²) in [4.78, 5) is 0. The molecule has 0 aromatic heterocycles. The molecule has 0 spiro atoms. The first-order valence-electron chi connectivity index (χ1n) is 5.83. The molecular formula is C12H24N2O. The van der Waals surface area contributed by atoms with E-state index in [1.54, 1.807) is 6.92 Å². The third-order valence-electron chi connectivity index (χ3n) is 2.39. The van der Waals surface area contributed by atoms with E-state index < -0.39 is 5.54 Å². The Morgan fingerprint density at radius 2 is 2.07 bits per heavy atom. The van der Waals surface area contributed by atoms with Crippen molar-refractivity contribution in [3.8, 4) is 6.07 Å². The van der Waals surface area contributed by atoms with Crippen molar-refractivity contribution in [2.45, 2.75) is 64.5 Å². The maximum Gasteiger partial charge on any atom is 0.125 e. The van der Waals surface area contributed by atoms with Gasteiger partial charge in [-0.25, -0.2) is 0 Å². The highest BCUT2D eigenvalue weighted by molar-refractivity contribution is 5.00. The fourth-order valence-electron chi connectivity index (χ4n) is 1.29. The van der Waals surface area contributed by atoms with Crippen LogP contribution in [-0.4, -0.2) is 18.2 Å². The Kier molecular flexibility index (Phi) is 7.37. The summed E-state index contributed by atoms with van der Waals surface area (Å²) in [5.74, 6) is 0. The molecule has 3 heteroatoms. The molecule has 88 valence electrons. The van der Waals surface area contributed by atoms with Crippen molar-refractivity contribution in [3.05, 3.63) is 0 Å². The normalized spacial score (nSPS) is 16.7. The highest BCUT2D eigenvalue weighted by Crippen LogP contribution is 2.09. The van der Waals surface area contributed by atoms with Crippen molar-refractivity contribution in [1.29, 1.82) is 5.26 Å². The highest BCUT2D eigenvalue weighted by atomic mass is 16.5. The maximum absolute atomic E-state index is 8.70. The van der Waals surface area contributed by atoms with Gasteiger partial charge in [0, 0.05) is 0 Å². The van der Waals surface area contributed by atoms with Gasteiger partial charge in [-0.2, -0.15) is 5.26 Å². The lowest BCUT2D eigenvalue weighted by Crippen LogP contribution is -2.40. The molecule has 2 N–H and O–H groups in total. The molecule has 0 aromatic rings. The first kappa shape index (κ1) is 14.4. The molecule has 2 atom stereocenters. The first-order chi connectivity index (χ1) is 7.02. The van der Waals surface area contributed by atoms with Crippen LogP contribution in [0.5, 0.6) is 0 Å². The van der Waals surface area contributed by atoms with E-state index in [0.29, 0.717) is 6.61 Å². The maximum atomic E-state index is 8.70.